The molecular formula is C15H16BrN5OSi. The maximum atomic E-state index is 11.9. The van der Waals surface area contributed by atoms with E-state index in [1.54, 1.807) is 18.3 Å². The van der Waals surface area contributed by atoms with E-state index in [1.807, 2.05) is 0 Å². The molecule has 2 aromatic rings. The highest BCUT2D eigenvalue weighted by Gasteiger charge is 2.08. The van der Waals surface area contributed by atoms with Crippen molar-refractivity contribution in [2.45, 2.75) is 19.6 Å². The normalized spacial score (nSPS) is 10.4. The molecule has 8 heteroatoms. The number of anilines is 2. The summed E-state index contributed by atoms with van der Waals surface area (Å²) in [7, 11) is -1.43. The average molecular weight is 390 g/mol. The van der Waals surface area contributed by atoms with Crippen molar-refractivity contribution in [1.82, 2.24) is 15.0 Å². The second-order valence-corrected chi connectivity index (χ2v) is 11.3. The van der Waals surface area contributed by atoms with Gasteiger partial charge in [0, 0.05) is 0 Å². The fourth-order valence-electron chi connectivity index (χ4n) is 1.47. The summed E-state index contributed by atoms with van der Waals surface area (Å²) in [6.45, 7) is 6.52. The quantitative estimate of drug-likeness (QED) is 0.608. The Labute approximate surface area is 144 Å². The minimum Gasteiger partial charge on any atom is -0.306 e. The van der Waals surface area contributed by atoms with Gasteiger partial charge in [-0.2, -0.15) is 0 Å². The third kappa shape index (κ3) is 6.18. The van der Waals surface area contributed by atoms with Crippen LogP contribution in [-0.4, -0.2) is 29.1 Å². The number of aromatic nitrogens is 3. The van der Waals surface area contributed by atoms with Crippen molar-refractivity contribution in [3.05, 3.63) is 41.0 Å². The van der Waals surface area contributed by atoms with Gasteiger partial charge in [-0.3, -0.25) is 10.3 Å². The summed E-state index contributed by atoms with van der Waals surface area (Å²) in [6.07, 6.45) is 4.56. The van der Waals surface area contributed by atoms with Gasteiger partial charge in [0.1, 0.15) is 18.4 Å². The van der Waals surface area contributed by atoms with Crippen molar-refractivity contribution >= 4 is 41.5 Å². The molecule has 0 bridgehead atoms. The van der Waals surface area contributed by atoms with Crippen LogP contribution in [0.5, 0.6) is 0 Å². The van der Waals surface area contributed by atoms with Crippen LogP contribution < -0.4 is 10.6 Å². The Morgan fingerprint density at radius 3 is 2.57 bits per heavy atom. The number of amides is 2. The molecule has 0 atom stereocenters. The number of hydrogen-bond donors (Lipinski definition) is 2. The average Bonchev–Trinajstić information content (AvgIpc) is 2.45. The van der Waals surface area contributed by atoms with Crippen molar-refractivity contribution in [3.8, 4) is 11.5 Å². The van der Waals surface area contributed by atoms with Crippen LogP contribution in [0.15, 0.2) is 35.3 Å². The Balaban J connectivity index is 1.97. The lowest BCUT2D eigenvalue weighted by atomic mass is 10.3. The van der Waals surface area contributed by atoms with E-state index in [-0.39, 0.29) is 0 Å². The van der Waals surface area contributed by atoms with Gasteiger partial charge in [-0.25, -0.2) is 14.8 Å². The van der Waals surface area contributed by atoms with Gasteiger partial charge >= 0.3 is 6.03 Å². The molecule has 0 spiro atoms. The topological polar surface area (TPSA) is 79.8 Å². The van der Waals surface area contributed by atoms with Gasteiger partial charge in [-0.1, -0.05) is 25.6 Å². The van der Waals surface area contributed by atoms with E-state index in [9.17, 15) is 4.79 Å². The largest absolute Gasteiger partial charge is 0.324 e. The number of hydrogen-bond acceptors (Lipinski definition) is 4. The van der Waals surface area contributed by atoms with Gasteiger partial charge in [0.25, 0.3) is 0 Å². The zero-order valence-corrected chi connectivity index (χ0v) is 15.6. The van der Waals surface area contributed by atoms with E-state index in [2.05, 4.69) is 72.6 Å². The van der Waals surface area contributed by atoms with Crippen LogP contribution in [-0.2, 0) is 0 Å². The zero-order chi connectivity index (χ0) is 16.9. The van der Waals surface area contributed by atoms with Crippen molar-refractivity contribution in [3.63, 3.8) is 0 Å². The highest BCUT2D eigenvalue weighted by Crippen LogP contribution is 2.10. The molecule has 0 saturated heterocycles. The summed E-state index contributed by atoms with van der Waals surface area (Å²) >= 11 is 3.19. The summed E-state index contributed by atoms with van der Waals surface area (Å²) in [5.74, 6) is 3.41. The molecule has 23 heavy (non-hydrogen) atoms. The van der Waals surface area contributed by atoms with Crippen LogP contribution in [0.2, 0.25) is 19.6 Å². The summed E-state index contributed by atoms with van der Waals surface area (Å²) in [4.78, 5) is 24.1. The van der Waals surface area contributed by atoms with E-state index in [0.29, 0.717) is 21.8 Å². The van der Waals surface area contributed by atoms with Crippen LogP contribution in [0.3, 0.4) is 0 Å². The predicted octanol–water partition coefficient (Wildman–Crippen LogP) is 3.51. The van der Waals surface area contributed by atoms with E-state index < -0.39 is 14.1 Å². The molecule has 2 rings (SSSR count). The van der Waals surface area contributed by atoms with Gasteiger partial charge in [0.2, 0.25) is 0 Å². The lowest BCUT2D eigenvalue weighted by Crippen LogP contribution is -2.20. The Morgan fingerprint density at radius 2 is 1.96 bits per heavy atom. The van der Waals surface area contributed by atoms with Crippen molar-refractivity contribution in [2.24, 2.45) is 0 Å². The molecule has 0 aliphatic rings. The summed E-state index contributed by atoms with van der Waals surface area (Å²) in [5.41, 5.74) is 4.51. The van der Waals surface area contributed by atoms with E-state index in [1.165, 1.54) is 12.4 Å². The maximum absolute atomic E-state index is 11.9. The summed E-state index contributed by atoms with van der Waals surface area (Å²) < 4.78 is 0.544. The van der Waals surface area contributed by atoms with Crippen molar-refractivity contribution in [2.75, 3.05) is 10.6 Å². The molecule has 2 N–H and O–H groups in total. The third-order valence-electron chi connectivity index (χ3n) is 2.43. The molecule has 0 saturated carbocycles. The van der Waals surface area contributed by atoms with E-state index >= 15 is 0 Å². The molecule has 0 aliphatic heterocycles. The minimum absolute atomic E-state index is 0.349. The summed E-state index contributed by atoms with van der Waals surface area (Å²) in [6, 6.07) is 3.12. The fraction of sp³-hybridized carbons (Fsp3) is 0.200. The Morgan fingerprint density at radius 1 is 1.17 bits per heavy atom. The maximum Gasteiger partial charge on any atom is 0.324 e. The molecule has 2 heterocycles. The van der Waals surface area contributed by atoms with Crippen molar-refractivity contribution in [1.29, 1.82) is 0 Å². The number of nitrogens with zero attached hydrogens (tertiary/aromatic N) is 3. The fourth-order valence-corrected chi connectivity index (χ4v) is 2.29. The minimum atomic E-state index is -1.43. The SMILES string of the molecule is C[Si](C)(C)C#Cc1ccc(NC(=O)Nc2cncc(Br)n2)cn1. The van der Waals surface area contributed by atoms with Crippen molar-refractivity contribution < 1.29 is 4.79 Å². The second-order valence-electron chi connectivity index (χ2n) is 5.74. The zero-order valence-electron chi connectivity index (χ0n) is 13.0. The predicted molar refractivity (Wildman–Crippen MR) is 96.8 cm³/mol. The number of carbonyl (C=O) groups is 1. The van der Waals surface area contributed by atoms with Crippen LogP contribution in [0.4, 0.5) is 16.3 Å². The van der Waals surface area contributed by atoms with Crippen LogP contribution in [0.25, 0.3) is 0 Å². The number of halogens is 1. The molecule has 0 unspecified atom stereocenters. The van der Waals surface area contributed by atoms with Gasteiger partial charge in [-0.05, 0) is 28.1 Å². The van der Waals surface area contributed by atoms with E-state index in [4.69, 9.17) is 0 Å². The number of carbonyl (C=O) groups excluding carboxylic acids is 1. The molecule has 2 amide bonds. The summed E-state index contributed by atoms with van der Waals surface area (Å²) in [5, 5.41) is 5.26. The first-order valence-electron chi connectivity index (χ1n) is 6.87. The lowest BCUT2D eigenvalue weighted by molar-refractivity contribution is 0.262. The second kappa shape index (κ2) is 7.35. The van der Waals surface area contributed by atoms with Gasteiger partial charge in [0.05, 0.1) is 24.3 Å². The third-order valence-corrected chi connectivity index (χ3v) is 3.69. The molecule has 6 nitrogen and oxygen atoms in total. The molecular weight excluding hydrogens is 374 g/mol. The Hall–Kier alpha value is -2.24. The molecule has 2 aromatic heterocycles. The number of urea groups is 1. The molecule has 0 fully saturated rings. The Bertz CT molecular complexity index is 762. The molecule has 0 radical (unpaired) electrons. The standard InChI is InChI=1S/C15H16BrN5OSi/c1-23(2,3)7-6-11-4-5-12(8-18-11)19-15(22)21-14-10-17-9-13(16)20-14/h4-5,8-10H,1-3H3,(H2,19,20,21,22). The monoisotopic (exact) mass is 389 g/mol. The first-order chi connectivity index (χ1) is 10.8. The first-order valence-corrected chi connectivity index (χ1v) is 11.2. The first kappa shape index (κ1) is 17.1. The lowest BCUT2D eigenvalue weighted by Gasteiger charge is -2.06. The van der Waals surface area contributed by atoms with Gasteiger partial charge in [0.15, 0.2) is 5.82 Å². The van der Waals surface area contributed by atoms with Crippen LogP contribution in [0.1, 0.15) is 5.69 Å². The highest BCUT2D eigenvalue weighted by atomic mass is 79.9. The van der Waals surface area contributed by atoms with Crippen LogP contribution in [0, 0.1) is 11.5 Å². The Kier molecular flexibility index (Phi) is 5.47. The molecule has 0 aliphatic carbocycles. The number of rotatable bonds is 2. The molecule has 118 valence electrons. The molecule has 0 aromatic carbocycles. The van der Waals surface area contributed by atoms with E-state index in [0.717, 1.165) is 0 Å². The highest BCUT2D eigenvalue weighted by molar-refractivity contribution is 9.10. The van der Waals surface area contributed by atoms with Gasteiger partial charge in [-0.15, -0.1) is 5.54 Å². The number of nitrogens with one attached hydrogen (secondary N) is 2. The van der Waals surface area contributed by atoms with Crippen LogP contribution >= 0.6 is 15.9 Å². The number of pyridine rings is 1. The van der Waals surface area contributed by atoms with Gasteiger partial charge < -0.3 is 5.32 Å². The smallest absolute Gasteiger partial charge is 0.306 e.